The molecule has 0 saturated heterocycles. The third kappa shape index (κ3) is 3.78. The van der Waals surface area contributed by atoms with Gasteiger partial charge in [0.15, 0.2) is 0 Å². The molecule has 1 N–H and O–H groups in total. The van der Waals surface area contributed by atoms with Gasteiger partial charge < -0.3 is 5.32 Å². The van der Waals surface area contributed by atoms with Crippen LogP contribution in [0, 0.1) is 18.7 Å². The molecule has 1 aromatic heterocycles. The third-order valence-electron chi connectivity index (χ3n) is 2.89. The molecule has 20 heavy (non-hydrogen) atoms. The lowest BCUT2D eigenvalue weighted by molar-refractivity contribution is 0.554. The van der Waals surface area contributed by atoms with E-state index in [9.17, 15) is 4.39 Å². The molecule has 0 radical (unpaired) electrons. The molecule has 0 aliphatic rings. The fourth-order valence-corrected chi connectivity index (χ4v) is 3.06. The highest BCUT2D eigenvalue weighted by Crippen LogP contribution is 2.31. The molecule has 2 rings (SSSR count). The normalized spacial score (nSPS) is 11.3. The van der Waals surface area contributed by atoms with Gasteiger partial charge in [-0.25, -0.2) is 9.37 Å². The molecular formula is C15H18ClFN2S. The molecule has 0 fully saturated rings. The number of aromatic nitrogens is 1. The van der Waals surface area contributed by atoms with Crippen LogP contribution in [0.3, 0.4) is 0 Å². The van der Waals surface area contributed by atoms with Gasteiger partial charge >= 0.3 is 0 Å². The Hall–Kier alpha value is -0.970. The highest BCUT2D eigenvalue weighted by atomic mass is 35.5. The Morgan fingerprint density at radius 2 is 2.15 bits per heavy atom. The van der Waals surface area contributed by atoms with E-state index in [0.717, 1.165) is 23.7 Å². The van der Waals surface area contributed by atoms with Crippen LogP contribution in [0.1, 0.15) is 24.4 Å². The molecule has 0 aliphatic heterocycles. The Kier molecular flexibility index (Phi) is 5.13. The Balaban J connectivity index is 2.18. The fraction of sp³-hybridized carbons (Fsp3) is 0.400. The van der Waals surface area contributed by atoms with Crippen LogP contribution < -0.4 is 5.32 Å². The van der Waals surface area contributed by atoms with E-state index >= 15 is 0 Å². The van der Waals surface area contributed by atoms with Crippen molar-refractivity contribution >= 4 is 22.9 Å². The van der Waals surface area contributed by atoms with Gasteiger partial charge in [0, 0.05) is 22.0 Å². The molecule has 1 heterocycles. The first kappa shape index (κ1) is 15.4. The molecule has 1 aromatic carbocycles. The van der Waals surface area contributed by atoms with Gasteiger partial charge in [-0.05, 0) is 37.6 Å². The predicted octanol–water partition coefficient (Wildman–Crippen LogP) is 4.66. The molecule has 2 nitrogen and oxygen atoms in total. The molecule has 0 bridgehead atoms. The zero-order valence-electron chi connectivity index (χ0n) is 11.8. The summed E-state index contributed by atoms with van der Waals surface area (Å²) in [6, 6.07) is 4.69. The lowest BCUT2D eigenvalue weighted by Crippen LogP contribution is -2.18. The number of aryl methyl sites for hydroxylation is 1. The highest BCUT2D eigenvalue weighted by Gasteiger charge is 2.13. The zero-order chi connectivity index (χ0) is 14.7. The van der Waals surface area contributed by atoms with E-state index < -0.39 is 0 Å². The average molecular weight is 313 g/mol. The van der Waals surface area contributed by atoms with Crippen LogP contribution in [0.2, 0.25) is 5.02 Å². The summed E-state index contributed by atoms with van der Waals surface area (Å²) in [5.74, 6) is 0.282. The van der Waals surface area contributed by atoms with Gasteiger partial charge in [0.05, 0.1) is 5.69 Å². The smallest absolute Gasteiger partial charge is 0.134 e. The zero-order valence-corrected chi connectivity index (χ0v) is 13.4. The predicted molar refractivity (Wildman–Crippen MR) is 83.8 cm³/mol. The van der Waals surface area contributed by atoms with Gasteiger partial charge in [-0.15, -0.1) is 11.3 Å². The number of hydrogen-bond acceptors (Lipinski definition) is 3. The summed E-state index contributed by atoms with van der Waals surface area (Å²) in [4.78, 5) is 5.61. The molecule has 108 valence electrons. The van der Waals surface area contributed by atoms with Gasteiger partial charge in [-0.1, -0.05) is 25.4 Å². The van der Waals surface area contributed by atoms with Crippen LogP contribution in [0.15, 0.2) is 18.2 Å². The van der Waals surface area contributed by atoms with E-state index in [1.807, 2.05) is 6.92 Å². The summed E-state index contributed by atoms with van der Waals surface area (Å²) in [5, 5.41) is 4.49. The Morgan fingerprint density at radius 3 is 2.80 bits per heavy atom. The van der Waals surface area contributed by atoms with E-state index in [0.29, 0.717) is 21.5 Å². The van der Waals surface area contributed by atoms with Crippen LogP contribution in [0.4, 0.5) is 4.39 Å². The number of rotatable bonds is 5. The lowest BCUT2D eigenvalue weighted by atomic mass is 10.2. The van der Waals surface area contributed by atoms with Crippen molar-refractivity contribution in [1.82, 2.24) is 10.3 Å². The molecule has 0 aliphatic carbocycles. The van der Waals surface area contributed by atoms with Crippen LogP contribution >= 0.6 is 22.9 Å². The average Bonchev–Trinajstić information content (AvgIpc) is 2.70. The highest BCUT2D eigenvalue weighted by molar-refractivity contribution is 7.15. The quantitative estimate of drug-likeness (QED) is 0.868. The number of nitrogens with zero attached hydrogens (tertiary/aromatic N) is 1. The topological polar surface area (TPSA) is 24.9 Å². The molecular weight excluding hydrogens is 295 g/mol. The fourth-order valence-electron chi connectivity index (χ4n) is 1.84. The van der Waals surface area contributed by atoms with E-state index in [-0.39, 0.29) is 5.82 Å². The van der Waals surface area contributed by atoms with E-state index in [4.69, 9.17) is 11.6 Å². The van der Waals surface area contributed by atoms with Crippen LogP contribution in [-0.2, 0) is 6.54 Å². The maximum Gasteiger partial charge on any atom is 0.134 e. The first-order chi connectivity index (χ1) is 9.47. The van der Waals surface area contributed by atoms with Gasteiger partial charge in [0.2, 0.25) is 0 Å². The van der Waals surface area contributed by atoms with Crippen LogP contribution in [0.25, 0.3) is 10.6 Å². The van der Waals surface area contributed by atoms with Gasteiger partial charge in [-0.3, -0.25) is 0 Å². The Labute approximate surface area is 128 Å². The Bertz CT molecular complexity index is 596. The third-order valence-corrected chi connectivity index (χ3v) is 4.32. The van der Waals surface area contributed by atoms with Crippen molar-refractivity contribution in [2.75, 3.05) is 6.54 Å². The SMILES string of the molecule is Cc1nc(-c2ccc(Cl)cc2F)sc1CNCC(C)C. The number of benzene rings is 1. The summed E-state index contributed by atoms with van der Waals surface area (Å²) in [5.41, 5.74) is 1.47. The second-order valence-electron chi connectivity index (χ2n) is 5.18. The van der Waals surface area contributed by atoms with Crippen molar-refractivity contribution in [3.8, 4) is 10.6 Å². The van der Waals surface area contributed by atoms with E-state index in [2.05, 4.69) is 24.1 Å². The minimum atomic E-state index is -0.326. The molecule has 0 atom stereocenters. The minimum Gasteiger partial charge on any atom is -0.312 e. The largest absolute Gasteiger partial charge is 0.312 e. The maximum atomic E-state index is 13.9. The summed E-state index contributed by atoms with van der Waals surface area (Å²) in [6.45, 7) is 8.03. The molecule has 0 saturated carbocycles. The number of nitrogens with one attached hydrogen (secondary N) is 1. The lowest BCUT2D eigenvalue weighted by Gasteiger charge is -2.05. The number of halogens is 2. The minimum absolute atomic E-state index is 0.326. The van der Waals surface area contributed by atoms with Crippen molar-refractivity contribution in [3.05, 3.63) is 39.6 Å². The summed E-state index contributed by atoms with van der Waals surface area (Å²) < 4.78 is 13.9. The van der Waals surface area contributed by atoms with Crippen LogP contribution in [-0.4, -0.2) is 11.5 Å². The monoisotopic (exact) mass is 312 g/mol. The Morgan fingerprint density at radius 1 is 1.40 bits per heavy atom. The standard InChI is InChI=1S/C15H18ClFN2S/c1-9(2)7-18-8-14-10(3)19-15(20-14)12-5-4-11(16)6-13(12)17/h4-6,9,18H,7-8H2,1-3H3. The van der Waals surface area contributed by atoms with E-state index in [1.165, 1.54) is 17.4 Å². The number of hydrogen-bond donors (Lipinski definition) is 1. The van der Waals surface area contributed by atoms with Gasteiger partial charge in [0.25, 0.3) is 0 Å². The maximum absolute atomic E-state index is 13.9. The molecule has 0 unspecified atom stereocenters. The summed E-state index contributed by atoms with van der Waals surface area (Å²) in [7, 11) is 0. The molecule has 0 spiro atoms. The van der Waals surface area contributed by atoms with Crippen molar-refractivity contribution in [2.45, 2.75) is 27.3 Å². The summed E-state index contributed by atoms with van der Waals surface area (Å²) in [6.07, 6.45) is 0. The second kappa shape index (κ2) is 6.66. The first-order valence-electron chi connectivity index (χ1n) is 6.60. The van der Waals surface area contributed by atoms with Crippen molar-refractivity contribution in [3.63, 3.8) is 0 Å². The van der Waals surface area contributed by atoms with Crippen molar-refractivity contribution in [2.24, 2.45) is 5.92 Å². The van der Waals surface area contributed by atoms with Gasteiger partial charge in [0.1, 0.15) is 10.8 Å². The second-order valence-corrected chi connectivity index (χ2v) is 6.70. The van der Waals surface area contributed by atoms with Crippen molar-refractivity contribution < 1.29 is 4.39 Å². The first-order valence-corrected chi connectivity index (χ1v) is 7.79. The van der Waals surface area contributed by atoms with Gasteiger partial charge in [-0.2, -0.15) is 0 Å². The van der Waals surface area contributed by atoms with E-state index in [1.54, 1.807) is 12.1 Å². The van der Waals surface area contributed by atoms with Crippen LogP contribution in [0.5, 0.6) is 0 Å². The summed E-state index contributed by atoms with van der Waals surface area (Å²) >= 11 is 7.30. The van der Waals surface area contributed by atoms with Crippen molar-refractivity contribution in [1.29, 1.82) is 0 Å². The number of thiazole rings is 1. The molecule has 2 aromatic rings. The molecule has 0 amide bonds. The molecule has 5 heteroatoms.